The molecule has 0 saturated carbocycles. The number of aryl methyl sites for hydroxylation is 2. The van der Waals surface area contributed by atoms with E-state index >= 15 is 0 Å². The van der Waals surface area contributed by atoms with Crippen LogP contribution in [0.4, 0.5) is 0 Å². The average Bonchev–Trinajstić information content (AvgIpc) is 2.50. The number of rotatable bonds is 3. The minimum atomic E-state index is -0.0750. The molecule has 16 heavy (non-hydrogen) atoms. The summed E-state index contributed by atoms with van der Waals surface area (Å²) in [7, 11) is 1.72. The van der Waals surface area contributed by atoms with E-state index in [9.17, 15) is 9.90 Å². The van der Waals surface area contributed by atoms with Crippen molar-refractivity contribution in [2.45, 2.75) is 13.0 Å². The van der Waals surface area contributed by atoms with Crippen LogP contribution in [0.2, 0.25) is 0 Å². The summed E-state index contributed by atoms with van der Waals surface area (Å²) < 4.78 is 3.22. The Bertz CT molecular complexity index is 568. The van der Waals surface area contributed by atoms with Crippen LogP contribution in [0.1, 0.15) is 6.42 Å². The lowest BCUT2D eigenvalue weighted by Gasteiger charge is -2.01. The van der Waals surface area contributed by atoms with Gasteiger partial charge in [-0.15, -0.1) is 0 Å². The van der Waals surface area contributed by atoms with E-state index in [1.807, 2.05) is 0 Å². The predicted molar refractivity (Wildman–Crippen MR) is 62.5 cm³/mol. The Kier molecular flexibility index (Phi) is 2.70. The molecule has 5 heteroatoms. The summed E-state index contributed by atoms with van der Waals surface area (Å²) in [5.74, 6) is 0.166. The summed E-state index contributed by atoms with van der Waals surface area (Å²) in [5.41, 5.74) is 6.93. The summed E-state index contributed by atoms with van der Waals surface area (Å²) >= 11 is 0. The molecule has 3 N–H and O–H groups in total. The summed E-state index contributed by atoms with van der Waals surface area (Å²) in [4.78, 5) is 11.9. The van der Waals surface area contributed by atoms with E-state index in [0.29, 0.717) is 13.1 Å². The first-order valence-corrected chi connectivity index (χ1v) is 5.23. The first kappa shape index (κ1) is 10.8. The van der Waals surface area contributed by atoms with E-state index < -0.39 is 0 Å². The number of imidazole rings is 1. The molecule has 1 aromatic heterocycles. The Morgan fingerprint density at radius 3 is 2.81 bits per heavy atom. The lowest BCUT2D eigenvalue weighted by molar-refractivity contribution is 0.475. The van der Waals surface area contributed by atoms with Crippen molar-refractivity contribution in [3.63, 3.8) is 0 Å². The highest BCUT2D eigenvalue weighted by molar-refractivity contribution is 5.77. The van der Waals surface area contributed by atoms with E-state index in [0.717, 1.165) is 17.5 Å². The fraction of sp³-hybridized carbons (Fsp3) is 0.364. The molecule has 0 aliphatic carbocycles. The van der Waals surface area contributed by atoms with E-state index in [4.69, 9.17) is 5.73 Å². The molecule has 0 saturated heterocycles. The normalized spacial score (nSPS) is 11.1. The SMILES string of the molecule is Cn1c(=O)n(CCCN)c2cc(O)ccc21. The first-order chi connectivity index (χ1) is 7.65. The molecular formula is C11H15N3O2. The molecule has 1 aromatic carbocycles. The van der Waals surface area contributed by atoms with Crippen LogP contribution >= 0.6 is 0 Å². The van der Waals surface area contributed by atoms with Gasteiger partial charge < -0.3 is 10.8 Å². The number of nitrogens with two attached hydrogens (primary N) is 1. The van der Waals surface area contributed by atoms with Crippen molar-refractivity contribution in [3.05, 3.63) is 28.7 Å². The third-order valence-electron chi connectivity index (χ3n) is 2.71. The zero-order valence-corrected chi connectivity index (χ0v) is 9.18. The molecule has 0 aliphatic heterocycles. The van der Waals surface area contributed by atoms with Gasteiger partial charge in [-0.05, 0) is 25.1 Å². The Labute approximate surface area is 92.7 Å². The summed E-state index contributed by atoms with van der Waals surface area (Å²) in [6, 6.07) is 4.92. The maximum Gasteiger partial charge on any atom is 0.328 e. The highest BCUT2D eigenvalue weighted by Gasteiger charge is 2.10. The second kappa shape index (κ2) is 4.02. The predicted octanol–water partition coefficient (Wildman–Crippen LogP) is 0.394. The van der Waals surface area contributed by atoms with Crippen molar-refractivity contribution in [2.75, 3.05) is 6.54 Å². The number of aromatic hydroxyl groups is 1. The second-order valence-corrected chi connectivity index (χ2v) is 3.81. The lowest BCUT2D eigenvalue weighted by Crippen LogP contribution is -2.23. The smallest absolute Gasteiger partial charge is 0.328 e. The van der Waals surface area contributed by atoms with Crippen molar-refractivity contribution >= 4 is 11.0 Å². The van der Waals surface area contributed by atoms with Gasteiger partial charge in [0.1, 0.15) is 5.75 Å². The van der Waals surface area contributed by atoms with Gasteiger partial charge in [0.25, 0.3) is 0 Å². The van der Waals surface area contributed by atoms with Crippen molar-refractivity contribution in [1.29, 1.82) is 0 Å². The Morgan fingerprint density at radius 1 is 1.38 bits per heavy atom. The molecule has 0 unspecified atom stereocenters. The van der Waals surface area contributed by atoms with Crippen LogP contribution in [0.25, 0.3) is 11.0 Å². The Hall–Kier alpha value is -1.75. The maximum atomic E-state index is 11.9. The number of hydrogen-bond acceptors (Lipinski definition) is 3. The van der Waals surface area contributed by atoms with Crippen LogP contribution < -0.4 is 11.4 Å². The summed E-state index contributed by atoms with van der Waals surface area (Å²) in [5, 5.41) is 9.43. The van der Waals surface area contributed by atoms with Gasteiger partial charge in [-0.2, -0.15) is 0 Å². The molecule has 0 amide bonds. The van der Waals surface area contributed by atoms with Crippen molar-refractivity contribution in [3.8, 4) is 5.75 Å². The van der Waals surface area contributed by atoms with Crippen molar-refractivity contribution in [2.24, 2.45) is 12.8 Å². The number of nitrogens with zero attached hydrogens (tertiary/aromatic N) is 2. The standard InChI is InChI=1S/C11H15N3O2/c1-13-9-4-3-8(15)7-10(9)14(11(13)16)6-2-5-12/h3-4,7,15H,2,5-6,12H2,1H3. The quantitative estimate of drug-likeness (QED) is 0.787. The molecule has 0 bridgehead atoms. The molecule has 1 heterocycles. The minimum Gasteiger partial charge on any atom is -0.508 e. The third-order valence-corrected chi connectivity index (χ3v) is 2.71. The molecule has 5 nitrogen and oxygen atoms in total. The highest BCUT2D eigenvalue weighted by Crippen LogP contribution is 2.18. The molecule has 0 atom stereocenters. The van der Waals surface area contributed by atoms with Gasteiger partial charge in [-0.1, -0.05) is 0 Å². The number of aromatic nitrogens is 2. The van der Waals surface area contributed by atoms with E-state index in [-0.39, 0.29) is 11.4 Å². The first-order valence-electron chi connectivity index (χ1n) is 5.23. The topological polar surface area (TPSA) is 73.2 Å². The fourth-order valence-corrected chi connectivity index (χ4v) is 1.86. The number of hydrogen-bond donors (Lipinski definition) is 2. The largest absolute Gasteiger partial charge is 0.508 e. The maximum absolute atomic E-state index is 11.9. The molecule has 0 spiro atoms. The lowest BCUT2D eigenvalue weighted by atomic mass is 10.3. The van der Waals surface area contributed by atoms with E-state index in [1.54, 1.807) is 34.4 Å². The number of phenols is 1. The van der Waals surface area contributed by atoms with Crippen LogP contribution in [0, 0.1) is 0 Å². The monoisotopic (exact) mass is 221 g/mol. The van der Waals surface area contributed by atoms with Gasteiger partial charge in [0.05, 0.1) is 11.0 Å². The van der Waals surface area contributed by atoms with Gasteiger partial charge in [-0.3, -0.25) is 9.13 Å². The molecule has 0 fully saturated rings. The van der Waals surface area contributed by atoms with Gasteiger partial charge in [0.15, 0.2) is 0 Å². The second-order valence-electron chi connectivity index (χ2n) is 3.81. The molecule has 86 valence electrons. The highest BCUT2D eigenvalue weighted by atomic mass is 16.3. The van der Waals surface area contributed by atoms with E-state index in [1.165, 1.54) is 0 Å². The van der Waals surface area contributed by atoms with Gasteiger partial charge in [-0.25, -0.2) is 4.79 Å². The van der Waals surface area contributed by atoms with Gasteiger partial charge in [0, 0.05) is 19.7 Å². The molecule has 0 aliphatic rings. The molecule has 2 aromatic rings. The Balaban J connectivity index is 2.66. The number of benzene rings is 1. The average molecular weight is 221 g/mol. The van der Waals surface area contributed by atoms with Crippen LogP contribution in [-0.2, 0) is 13.6 Å². The van der Waals surface area contributed by atoms with Gasteiger partial charge in [0.2, 0.25) is 0 Å². The zero-order chi connectivity index (χ0) is 11.7. The third kappa shape index (κ3) is 1.59. The minimum absolute atomic E-state index is 0.0750. The number of fused-ring (bicyclic) bond motifs is 1. The van der Waals surface area contributed by atoms with Crippen molar-refractivity contribution < 1.29 is 5.11 Å². The number of phenolic OH excluding ortho intramolecular Hbond substituents is 1. The summed E-state index contributed by atoms with van der Waals surface area (Å²) in [6.07, 6.45) is 0.745. The van der Waals surface area contributed by atoms with Gasteiger partial charge >= 0.3 is 5.69 Å². The van der Waals surface area contributed by atoms with Crippen LogP contribution in [0.3, 0.4) is 0 Å². The molecule has 2 rings (SSSR count). The molecule has 0 radical (unpaired) electrons. The van der Waals surface area contributed by atoms with Crippen LogP contribution in [-0.4, -0.2) is 20.8 Å². The van der Waals surface area contributed by atoms with Crippen molar-refractivity contribution in [1.82, 2.24) is 9.13 Å². The van der Waals surface area contributed by atoms with Crippen LogP contribution in [0.15, 0.2) is 23.0 Å². The zero-order valence-electron chi connectivity index (χ0n) is 9.18. The Morgan fingerprint density at radius 2 is 2.12 bits per heavy atom. The van der Waals surface area contributed by atoms with Crippen LogP contribution in [0.5, 0.6) is 5.75 Å². The van der Waals surface area contributed by atoms with E-state index in [2.05, 4.69) is 0 Å². The molecular weight excluding hydrogens is 206 g/mol. The summed E-state index contributed by atoms with van der Waals surface area (Å²) in [6.45, 7) is 1.12. The fourth-order valence-electron chi connectivity index (χ4n) is 1.86.